The molecule has 150 valence electrons. The molecule has 0 radical (unpaired) electrons. The van der Waals surface area contributed by atoms with Gasteiger partial charge in [-0.1, -0.05) is 29.8 Å². The summed E-state index contributed by atoms with van der Waals surface area (Å²) in [7, 11) is 0. The summed E-state index contributed by atoms with van der Waals surface area (Å²) in [4.78, 5) is 30.8. The Balaban J connectivity index is 1.89. The minimum atomic E-state index is -1.02. The van der Waals surface area contributed by atoms with Crippen molar-refractivity contribution in [2.45, 2.75) is 27.2 Å². The third kappa shape index (κ3) is 4.71. The summed E-state index contributed by atoms with van der Waals surface area (Å²) in [5.74, 6) is -0.539. The normalized spacial score (nSPS) is 10.7. The lowest BCUT2D eigenvalue weighted by molar-refractivity contribution is -0.115. The average molecular weight is 391 g/mol. The molecule has 1 amide bonds. The van der Waals surface area contributed by atoms with Gasteiger partial charge in [0.05, 0.1) is 17.5 Å². The number of nitrogens with zero attached hydrogens (tertiary/aromatic N) is 2. The Morgan fingerprint density at radius 1 is 1.03 bits per heavy atom. The smallest absolute Gasteiger partial charge is 0.336 e. The third-order valence-corrected chi connectivity index (χ3v) is 4.88. The van der Waals surface area contributed by atoms with E-state index in [-0.39, 0.29) is 17.9 Å². The molecule has 0 aliphatic heterocycles. The molecular formula is C23H25N3O3. The van der Waals surface area contributed by atoms with Crippen LogP contribution in [0.2, 0.25) is 0 Å². The molecule has 0 saturated heterocycles. The maximum absolute atomic E-state index is 12.4. The number of anilines is 2. The zero-order chi connectivity index (χ0) is 21.0. The molecule has 0 aliphatic carbocycles. The Morgan fingerprint density at radius 3 is 2.34 bits per heavy atom. The highest BCUT2D eigenvalue weighted by Crippen LogP contribution is 2.26. The second-order valence-electron chi connectivity index (χ2n) is 6.95. The van der Waals surface area contributed by atoms with E-state index in [4.69, 9.17) is 0 Å². The number of nitrogens with one attached hydrogen (secondary N) is 1. The van der Waals surface area contributed by atoms with Crippen molar-refractivity contribution >= 4 is 34.3 Å². The first kappa shape index (κ1) is 20.3. The lowest BCUT2D eigenvalue weighted by Crippen LogP contribution is -2.23. The number of carboxylic acid groups (broad SMARTS) is 1. The standard InChI is InChI=1S/C23H25N3O3/c1-4-26(5-2)21-14-19(23(28)29)18-13-17(10-11-20(18)25-21)24-22(27)12-16-8-6-15(3)7-9-16/h6-11,13-14H,4-5,12H2,1-3H3,(H,24,27)(H,28,29). The molecule has 0 unspecified atom stereocenters. The number of benzene rings is 2. The summed E-state index contributed by atoms with van der Waals surface area (Å²) in [6, 6.07) is 14.6. The van der Waals surface area contributed by atoms with Crippen molar-refractivity contribution in [2.75, 3.05) is 23.3 Å². The Morgan fingerprint density at radius 2 is 1.72 bits per heavy atom. The van der Waals surface area contributed by atoms with E-state index in [0.29, 0.717) is 22.4 Å². The van der Waals surface area contributed by atoms with Crippen molar-refractivity contribution in [3.63, 3.8) is 0 Å². The first-order chi connectivity index (χ1) is 13.9. The van der Waals surface area contributed by atoms with Gasteiger partial charge in [0.25, 0.3) is 0 Å². The number of hydrogen-bond acceptors (Lipinski definition) is 4. The molecule has 3 aromatic rings. The Kier molecular flexibility index (Phi) is 6.12. The number of amides is 1. The summed E-state index contributed by atoms with van der Waals surface area (Å²) in [6.07, 6.45) is 0.253. The molecule has 0 spiro atoms. The maximum atomic E-state index is 12.4. The van der Waals surface area contributed by atoms with Crippen molar-refractivity contribution in [3.8, 4) is 0 Å². The average Bonchev–Trinajstić information content (AvgIpc) is 2.70. The molecule has 6 nitrogen and oxygen atoms in total. The van der Waals surface area contributed by atoms with Crippen LogP contribution >= 0.6 is 0 Å². The van der Waals surface area contributed by atoms with Crippen LogP contribution in [0.3, 0.4) is 0 Å². The van der Waals surface area contributed by atoms with Gasteiger partial charge in [-0.25, -0.2) is 9.78 Å². The molecule has 0 fully saturated rings. The van der Waals surface area contributed by atoms with Gasteiger partial charge in [-0.2, -0.15) is 0 Å². The Bertz CT molecular complexity index is 1040. The van der Waals surface area contributed by atoms with E-state index in [1.807, 2.05) is 49.9 Å². The van der Waals surface area contributed by atoms with E-state index in [9.17, 15) is 14.7 Å². The van der Waals surface area contributed by atoms with E-state index in [0.717, 1.165) is 24.2 Å². The summed E-state index contributed by atoms with van der Waals surface area (Å²) < 4.78 is 0. The van der Waals surface area contributed by atoms with Gasteiger partial charge in [0, 0.05) is 24.2 Å². The quantitative estimate of drug-likeness (QED) is 0.628. The summed E-state index contributed by atoms with van der Waals surface area (Å²) in [6.45, 7) is 7.48. The predicted octanol–water partition coefficient (Wildman–Crippen LogP) is 4.27. The fourth-order valence-electron chi connectivity index (χ4n) is 3.27. The molecular weight excluding hydrogens is 366 g/mol. The number of aryl methyl sites for hydroxylation is 1. The van der Waals surface area contributed by atoms with Crippen molar-refractivity contribution < 1.29 is 14.7 Å². The van der Waals surface area contributed by atoms with Crippen LogP contribution in [0, 0.1) is 6.92 Å². The van der Waals surface area contributed by atoms with Gasteiger partial charge < -0.3 is 15.3 Å². The van der Waals surface area contributed by atoms with Gasteiger partial charge >= 0.3 is 5.97 Å². The Hall–Kier alpha value is -3.41. The van der Waals surface area contributed by atoms with Gasteiger partial charge in [-0.05, 0) is 50.6 Å². The van der Waals surface area contributed by atoms with Crippen LogP contribution < -0.4 is 10.2 Å². The zero-order valence-corrected chi connectivity index (χ0v) is 16.9. The number of aromatic carboxylic acids is 1. The molecule has 1 aromatic heterocycles. The molecule has 0 bridgehead atoms. The molecule has 2 N–H and O–H groups in total. The topological polar surface area (TPSA) is 82.5 Å². The molecule has 0 aliphatic rings. The van der Waals surface area contributed by atoms with Crippen LogP contribution in [0.5, 0.6) is 0 Å². The number of carboxylic acids is 1. The number of pyridine rings is 1. The van der Waals surface area contributed by atoms with Crippen LogP contribution in [-0.2, 0) is 11.2 Å². The highest BCUT2D eigenvalue weighted by atomic mass is 16.4. The molecule has 2 aromatic carbocycles. The number of rotatable bonds is 7. The highest BCUT2D eigenvalue weighted by Gasteiger charge is 2.15. The molecule has 3 rings (SSSR count). The largest absolute Gasteiger partial charge is 0.478 e. The number of carbonyl (C=O) groups excluding carboxylic acids is 1. The van der Waals surface area contributed by atoms with E-state index in [1.165, 1.54) is 0 Å². The van der Waals surface area contributed by atoms with Gasteiger partial charge in [0.2, 0.25) is 5.91 Å². The van der Waals surface area contributed by atoms with Gasteiger partial charge in [-0.15, -0.1) is 0 Å². The maximum Gasteiger partial charge on any atom is 0.336 e. The van der Waals surface area contributed by atoms with E-state index in [1.54, 1.807) is 24.3 Å². The van der Waals surface area contributed by atoms with Crippen LogP contribution in [0.15, 0.2) is 48.5 Å². The lowest BCUT2D eigenvalue weighted by atomic mass is 10.1. The fourth-order valence-corrected chi connectivity index (χ4v) is 3.27. The van der Waals surface area contributed by atoms with E-state index < -0.39 is 5.97 Å². The zero-order valence-electron chi connectivity index (χ0n) is 16.9. The van der Waals surface area contributed by atoms with E-state index >= 15 is 0 Å². The molecule has 1 heterocycles. The van der Waals surface area contributed by atoms with Gasteiger partial charge in [0.15, 0.2) is 0 Å². The first-order valence-electron chi connectivity index (χ1n) is 9.69. The molecule has 6 heteroatoms. The second kappa shape index (κ2) is 8.73. The summed E-state index contributed by atoms with van der Waals surface area (Å²) >= 11 is 0. The number of fused-ring (bicyclic) bond motifs is 1. The lowest BCUT2D eigenvalue weighted by Gasteiger charge is -2.21. The first-order valence-corrected chi connectivity index (χ1v) is 9.69. The van der Waals surface area contributed by atoms with E-state index in [2.05, 4.69) is 10.3 Å². The summed E-state index contributed by atoms with van der Waals surface area (Å²) in [5.41, 5.74) is 3.37. The monoisotopic (exact) mass is 391 g/mol. The van der Waals surface area contributed by atoms with Crippen molar-refractivity contribution in [1.29, 1.82) is 0 Å². The minimum absolute atomic E-state index is 0.155. The van der Waals surface area contributed by atoms with Crippen LogP contribution in [0.25, 0.3) is 10.9 Å². The van der Waals surface area contributed by atoms with Crippen molar-refractivity contribution in [2.24, 2.45) is 0 Å². The SMILES string of the molecule is CCN(CC)c1cc(C(=O)O)c2cc(NC(=O)Cc3ccc(C)cc3)ccc2n1. The van der Waals surface area contributed by atoms with Crippen LogP contribution in [0.4, 0.5) is 11.5 Å². The summed E-state index contributed by atoms with van der Waals surface area (Å²) in [5, 5.41) is 13.0. The third-order valence-electron chi connectivity index (χ3n) is 4.88. The number of aromatic nitrogens is 1. The van der Waals surface area contributed by atoms with Crippen LogP contribution in [-0.4, -0.2) is 35.1 Å². The van der Waals surface area contributed by atoms with Crippen LogP contribution in [0.1, 0.15) is 35.3 Å². The fraction of sp³-hybridized carbons (Fsp3) is 0.261. The predicted molar refractivity (Wildman–Crippen MR) is 116 cm³/mol. The van der Waals surface area contributed by atoms with Crippen molar-refractivity contribution in [1.82, 2.24) is 4.98 Å². The van der Waals surface area contributed by atoms with Gasteiger partial charge in [-0.3, -0.25) is 4.79 Å². The highest BCUT2D eigenvalue weighted by molar-refractivity contribution is 6.05. The second-order valence-corrected chi connectivity index (χ2v) is 6.95. The molecule has 0 saturated carbocycles. The number of carbonyl (C=O) groups is 2. The Labute approximate surface area is 170 Å². The minimum Gasteiger partial charge on any atom is -0.478 e. The number of hydrogen-bond donors (Lipinski definition) is 2. The van der Waals surface area contributed by atoms with Gasteiger partial charge in [0.1, 0.15) is 5.82 Å². The molecule has 29 heavy (non-hydrogen) atoms. The van der Waals surface area contributed by atoms with Crippen molar-refractivity contribution in [3.05, 3.63) is 65.2 Å². The molecule has 0 atom stereocenters.